The summed E-state index contributed by atoms with van der Waals surface area (Å²) in [5.74, 6) is 0. The largest absolute Gasteiger partial charge is 0.382 e. The molecule has 0 radical (unpaired) electrons. The molecule has 1 atom stereocenters. The fraction of sp³-hybridized carbons (Fsp3) is 0.417. The quantitative estimate of drug-likeness (QED) is 0.458. The van der Waals surface area contributed by atoms with E-state index in [-0.39, 0.29) is 0 Å². The lowest BCUT2D eigenvalue weighted by molar-refractivity contribution is 0.217. The van der Waals surface area contributed by atoms with E-state index in [1.165, 1.54) is 43.2 Å². The van der Waals surface area contributed by atoms with E-state index in [0.717, 1.165) is 24.1 Å². The minimum atomic E-state index is -0.709. The lowest BCUT2D eigenvalue weighted by Gasteiger charge is -2.17. The van der Waals surface area contributed by atoms with Crippen LogP contribution in [0.2, 0.25) is 0 Å². The number of hydrogen-bond donors (Lipinski definition) is 2. The molecule has 0 aromatic heterocycles. The molecule has 0 amide bonds. The number of nitrogens with one attached hydrogen (secondary N) is 1. The summed E-state index contributed by atoms with van der Waals surface area (Å²) in [6.07, 6.45) is 7.66. The molecule has 26 heavy (non-hydrogen) atoms. The van der Waals surface area contributed by atoms with Gasteiger partial charge in [-0.25, -0.2) is 0 Å². The van der Waals surface area contributed by atoms with Gasteiger partial charge in [0.1, 0.15) is 6.10 Å². The molecule has 0 aliphatic carbocycles. The van der Waals surface area contributed by atoms with E-state index in [1.54, 1.807) is 0 Å². The Labute approximate surface area is 159 Å². The first-order valence-electron chi connectivity index (χ1n) is 9.95. The lowest BCUT2D eigenvalue weighted by atomic mass is 10.0. The van der Waals surface area contributed by atoms with Crippen molar-refractivity contribution in [1.29, 1.82) is 0 Å². The molecule has 2 aromatic carbocycles. The van der Waals surface area contributed by atoms with Gasteiger partial charge in [-0.2, -0.15) is 0 Å². The summed E-state index contributed by atoms with van der Waals surface area (Å²) < 4.78 is 0. The van der Waals surface area contributed by atoms with Crippen LogP contribution in [0.4, 0.5) is 5.69 Å². The normalized spacial score (nSPS) is 12.0. The Hall–Kier alpha value is -2.06. The van der Waals surface area contributed by atoms with Crippen molar-refractivity contribution in [3.63, 3.8) is 0 Å². The predicted molar refractivity (Wildman–Crippen MR) is 112 cm³/mol. The van der Waals surface area contributed by atoms with E-state index in [0.29, 0.717) is 5.70 Å². The third-order valence-corrected chi connectivity index (χ3v) is 4.77. The van der Waals surface area contributed by atoms with E-state index < -0.39 is 6.10 Å². The molecule has 2 N–H and O–H groups in total. The maximum Gasteiger partial charge on any atom is 0.118 e. The number of hydrogen-bond acceptors (Lipinski definition) is 2. The third kappa shape index (κ3) is 6.34. The zero-order valence-corrected chi connectivity index (χ0v) is 16.3. The zero-order chi connectivity index (χ0) is 18.8. The molecule has 0 spiro atoms. The number of anilines is 1. The molecule has 2 heteroatoms. The van der Waals surface area contributed by atoms with Crippen LogP contribution in [0.5, 0.6) is 0 Å². The highest BCUT2D eigenvalue weighted by molar-refractivity contribution is 5.50. The Morgan fingerprint density at radius 2 is 1.38 bits per heavy atom. The topological polar surface area (TPSA) is 32.3 Å². The van der Waals surface area contributed by atoms with E-state index in [9.17, 15) is 5.11 Å². The van der Waals surface area contributed by atoms with Crippen LogP contribution in [0.3, 0.4) is 0 Å². The number of rotatable bonds is 11. The van der Waals surface area contributed by atoms with Gasteiger partial charge in [-0.05, 0) is 54.5 Å². The third-order valence-electron chi connectivity index (χ3n) is 4.77. The first kappa shape index (κ1) is 20.3. The summed E-state index contributed by atoms with van der Waals surface area (Å²) in [6, 6.07) is 16.6. The number of benzene rings is 2. The molecule has 140 valence electrons. The standard InChI is InChI=1S/C24H33NO/c1-4-6-8-10-21-11-15-22(16-12-21)24(26)19(3)25-23-17-13-20(14-18-23)9-7-5-2/h11-18,24-26H,3-10H2,1-2H3. The molecule has 2 nitrogen and oxygen atoms in total. The predicted octanol–water partition coefficient (Wildman–Crippen LogP) is 6.42. The molecule has 0 saturated carbocycles. The van der Waals surface area contributed by atoms with Crippen molar-refractivity contribution in [2.45, 2.75) is 64.9 Å². The maximum atomic E-state index is 10.6. The molecule has 0 saturated heterocycles. The van der Waals surface area contributed by atoms with Crippen molar-refractivity contribution < 1.29 is 5.11 Å². The van der Waals surface area contributed by atoms with Gasteiger partial charge in [0.2, 0.25) is 0 Å². The molecule has 2 aromatic rings. The highest BCUT2D eigenvalue weighted by Gasteiger charge is 2.12. The van der Waals surface area contributed by atoms with E-state index in [4.69, 9.17) is 0 Å². The Balaban J connectivity index is 1.90. The van der Waals surface area contributed by atoms with Gasteiger partial charge in [-0.3, -0.25) is 0 Å². The molecular weight excluding hydrogens is 318 g/mol. The highest BCUT2D eigenvalue weighted by atomic mass is 16.3. The fourth-order valence-corrected chi connectivity index (χ4v) is 3.04. The average Bonchev–Trinajstić information content (AvgIpc) is 2.67. The smallest absolute Gasteiger partial charge is 0.118 e. The Kier molecular flexibility index (Phi) is 8.43. The Bertz CT molecular complexity index is 658. The SMILES string of the molecule is C=C(Nc1ccc(CCCC)cc1)C(O)c1ccc(CCCCC)cc1. The van der Waals surface area contributed by atoms with Crippen molar-refractivity contribution in [2.24, 2.45) is 0 Å². The summed E-state index contributed by atoms with van der Waals surface area (Å²) >= 11 is 0. The molecule has 0 aliphatic heterocycles. The number of unbranched alkanes of at least 4 members (excludes halogenated alkanes) is 3. The second-order valence-corrected chi connectivity index (χ2v) is 7.05. The lowest BCUT2D eigenvalue weighted by Crippen LogP contribution is -2.09. The number of aliphatic hydroxyl groups excluding tert-OH is 1. The van der Waals surface area contributed by atoms with Gasteiger partial charge in [0.15, 0.2) is 0 Å². The van der Waals surface area contributed by atoms with Gasteiger partial charge < -0.3 is 10.4 Å². The molecule has 1 unspecified atom stereocenters. The Morgan fingerprint density at radius 3 is 1.96 bits per heavy atom. The maximum absolute atomic E-state index is 10.6. The van der Waals surface area contributed by atoms with E-state index >= 15 is 0 Å². The summed E-state index contributed by atoms with van der Waals surface area (Å²) in [4.78, 5) is 0. The summed E-state index contributed by atoms with van der Waals surface area (Å²) in [5, 5.41) is 13.8. The second kappa shape index (κ2) is 10.8. The highest BCUT2D eigenvalue weighted by Crippen LogP contribution is 2.23. The van der Waals surface area contributed by atoms with Crippen LogP contribution in [0.25, 0.3) is 0 Å². The van der Waals surface area contributed by atoms with Crippen molar-refractivity contribution in [3.8, 4) is 0 Å². The van der Waals surface area contributed by atoms with Crippen molar-refractivity contribution in [1.82, 2.24) is 0 Å². The van der Waals surface area contributed by atoms with Crippen LogP contribution in [0.1, 0.15) is 68.7 Å². The summed E-state index contributed by atoms with van der Waals surface area (Å²) in [7, 11) is 0. The van der Waals surface area contributed by atoms with Gasteiger partial charge in [-0.15, -0.1) is 0 Å². The van der Waals surface area contributed by atoms with Crippen LogP contribution in [0.15, 0.2) is 60.8 Å². The van der Waals surface area contributed by atoms with Crippen LogP contribution >= 0.6 is 0 Å². The first-order valence-corrected chi connectivity index (χ1v) is 9.95. The van der Waals surface area contributed by atoms with Crippen LogP contribution in [0, 0.1) is 0 Å². The monoisotopic (exact) mass is 351 g/mol. The van der Waals surface area contributed by atoms with Gasteiger partial charge in [-0.1, -0.05) is 76.1 Å². The van der Waals surface area contributed by atoms with Crippen LogP contribution in [-0.4, -0.2) is 5.11 Å². The molecular formula is C24H33NO. The van der Waals surface area contributed by atoms with E-state index in [1.807, 2.05) is 12.1 Å². The second-order valence-electron chi connectivity index (χ2n) is 7.05. The van der Waals surface area contributed by atoms with Crippen LogP contribution in [-0.2, 0) is 12.8 Å². The van der Waals surface area contributed by atoms with Gasteiger partial charge in [0, 0.05) is 11.4 Å². The van der Waals surface area contributed by atoms with E-state index in [2.05, 4.69) is 62.1 Å². The van der Waals surface area contributed by atoms with Crippen molar-refractivity contribution >= 4 is 5.69 Å². The van der Waals surface area contributed by atoms with Crippen molar-refractivity contribution in [2.75, 3.05) is 5.32 Å². The summed E-state index contributed by atoms with van der Waals surface area (Å²) in [5.41, 5.74) is 5.12. The molecule has 0 bridgehead atoms. The average molecular weight is 352 g/mol. The van der Waals surface area contributed by atoms with Gasteiger partial charge in [0.05, 0.1) is 0 Å². The molecule has 2 rings (SSSR count). The van der Waals surface area contributed by atoms with Crippen molar-refractivity contribution in [3.05, 3.63) is 77.5 Å². The van der Waals surface area contributed by atoms with Gasteiger partial charge >= 0.3 is 0 Å². The minimum Gasteiger partial charge on any atom is -0.382 e. The van der Waals surface area contributed by atoms with Crippen LogP contribution < -0.4 is 5.32 Å². The molecule has 0 fully saturated rings. The molecule has 0 aliphatic rings. The summed E-state index contributed by atoms with van der Waals surface area (Å²) in [6.45, 7) is 8.45. The fourth-order valence-electron chi connectivity index (χ4n) is 3.04. The minimum absolute atomic E-state index is 0.602. The Morgan fingerprint density at radius 1 is 0.846 bits per heavy atom. The zero-order valence-electron chi connectivity index (χ0n) is 16.3. The number of aliphatic hydroxyl groups is 1. The number of aryl methyl sites for hydroxylation is 2. The molecule has 0 heterocycles. The first-order chi connectivity index (χ1) is 12.6. The van der Waals surface area contributed by atoms with Gasteiger partial charge in [0.25, 0.3) is 0 Å².